The van der Waals surface area contributed by atoms with Gasteiger partial charge in [0.05, 0.1) is 0 Å². The predicted octanol–water partition coefficient (Wildman–Crippen LogP) is 4.05. The maximum atomic E-state index is 12.7. The lowest BCUT2D eigenvalue weighted by Crippen LogP contribution is -2.41. The first-order valence-corrected chi connectivity index (χ1v) is 7.81. The summed E-state index contributed by atoms with van der Waals surface area (Å²) in [5, 5.41) is 30.5. The van der Waals surface area contributed by atoms with Crippen molar-refractivity contribution in [3.8, 4) is 11.5 Å². The summed E-state index contributed by atoms with van der Waals surface area (Å²) in [5.41, 5.74) is 1.34. The molecule has 1 aromatic carbocycles. The van der Waals surface area contributed by atoms with Gasteiger partial charge in [0.25, 0.3) is 0 Å². The second-order valence-electron chi connectivity index (χ2n) is 7.32. The molecule has 0 bridgehead atoms. The normalized spacial score (nSPS) is 30.0. The van der Waals surface area contributed by atoms with Gasteiger partial charge in [-0.15, -0.1) is 6.58 Å². The third kappa shape index (κ3) is 1.94. The highest BCUT2D eigenvalue weighted by molar-refractivity contribution is 6.12. The third-order valence-electron chi connectivity index (χ3n) is 5.78. The summed E-state index contributed by atoms with van der Waals surface area (Å²) in [6.07, 6.45) is 4.05. The Bertz CT molecular complexity index is 774. The summed E-state index contributed by atoms with van der Waals surface area (Å²) in [7, 11) is 0. The Balaban J connectivity index is 2.30. The smallest absolute Gasteiger partial charge is 0.227 e. The van der Waals surface area contributed by atoms with Crippen molar-refractivity contribution in [2.75, 3.05) is 0 Å². The van der Waals surface area contributed by atoms with Crippen LogP contribution in [-0.2, 0) is 5.41 Å². The Kier molecular flexibility index (Phi) is 3.15. The second-order valence-corrected chi connectivity index (χ2v) is 7.32. The number of allylic oxidation sites excluding steroid dienone is 3. The minimum absolute atomic E-state index is 0.158. The van der Waals surface area contributed by atoms with Gasteiger partial charge < -0.3 is 15.3 Å². The molecule has 4 heteroatoms. The van der Waals surface area contributed by atoms with E-state index in [0.717, 1.165) is 12.8 Å². The van der Waals surface area contributed by atoms with E-state index in [1.54, 1.807) is 6.92 Å². The number of aliphatic hydroxyl groups excluding tert-OH is 1. The predicted molar refractivity (Wildman–Crippen MR) is 88.0 cm³/mol. The van der Waals surface area contributed by atoms with E-state index in [2.05, 4.69) is 13.5 Å². The molecule has 2 aliphatic rings. The number of aliphatic hydroxyl groups is 1. The van der Waals surface area contributed by atoms with Crippen LogP contribution in [-0.4, -0.2) is 21.1 Å². The fourth-order valence-corrected chi connectivity index (χ4v) is 3.96. The van der Waals surface area contributed by atoms with Crippen molar-refractivity contribution < 1.29 is 20.1 Å². The fraction of sp³-hybridized carbons (Fsp3) is 0.421. The number of fused-ring (bicyclic) bond motifs is 3. The topological polar surface area (TPSA) is 77.8 Å². The van der Waals surface area contributed by atoms with Crippen molar-refractivity contribution in [2.24, 2.45) is 5.41 Å². The molecule has 3 N–H and O–H groups in total. The molecule has 1 saturated carbocycles. The van der Waals surface area contributed by atoms with Gasteiger partial charge in [-0.05, 0) is 48.8 Å². The molecule has 0 spiro atoms. The van der Waals surface area contributed by atoms with Crippen LogP contribution in [0.25, 0.3) is 0 Å². The van der Waals surface area contributed by atoms with Gasteiger partial charge in [0.1, 0.15) is 0 Å². The highest BCUT2D eigenvalue weighted by atomic mass is 16.3. The number of phenolic OH excluding ortho intramolecular Hbond substituents is 2. The average Bonchev–Trinajstić information content (AvgIpc) is 2.52. The van der Waals surface area contributed by atoms with Gasteiger partial charge >= 0.3 is 0 Å². The first kappa shape index (κ1) is 15.7. The van der Waals surface area contributed by atoms with Gasteiger partial charge in [-0.3, -0.25) is 4.79 Å². The van der Waals surface area contributed by atoms with Crippen LogP contribution in [0.3, 0.4) is 0 Å². The quantitative estimate of drug-likeness (QED) is 0.540. The van der Waals surface area contributed by atoms with Crippen molar-refractivity contribution in [1.82, 2.24) is 0 Å². The number of carbonyl (C=O) groups is 1. The maximum Gasteiger partial charge on any atom is 0.227 e. The lowest BCUT2D eigenvalue weighted by molar-refractivity contribution is 0.0949. The number of Topliss-reactive ketones (excluding diaryl/α,β-unsaturated/α-hetero) is 1. The number of phenols is 2. The zero-order valence-electron chi connectivity index (χ0n) is 13.7. The lowest BCUT2D eigenvalue weighted by Gasteiger charge is -2.47. The van der Waals surface area contributed by atoms with E-state index in [4.69, 9.17) is 0 Å². The van der Waals surface area contributed by atoms with Crippen LogP contribution < -0.4 is 0 Å². The molecule has 3 rings (SSSR count). The van der Waals surface area contributed by atoms with Crippen LogP contribution in [0.4, 0.5) is 0 Å². The summed E-state index contributed by atoms with van der Waals surface area (Å²) in [6.45, 7) is 9.53. The zero-order chi connectivity index (χ0) is 17.2. The minimum Gasteiger partial charge on any atom is -0.504 e. The highest BCUT2D eigenvalue weighted by Crippen LogP contribution is 2.56. The molecule has 23 heavy (non-hydrogen) atoms. The first-order chi connectivity index (χ1) is 10.6. The standard InChI is InChI=1S/C19H22O4/c1-5-18(3)6-7-19(4)11-8-13(20)15(21)10(2)14(11)17(23)16(22)12(19)9-18/h5,8,20-22H,1,6-7,9H2,2-4H3/t18-,19+/m0/s1. The molecule has 1 fully saturated rings. The molecular formula is C19H22O4. The number of rotatable bonds is 1. The van der Waals surface area contributed by atoms with E-state index in [9.17, 15) is 20.1 Å². The molecule has 0 radical (unpaired) electrons. The average molecular weight is 314 g/mol. The summed E-state index contributed by atoms with van der Waals surface area (Å²) in [4.78, 5) is 12.7. The van der Waals surface area contributed by atoms with E-state index < -0.39 is 11.2 Å². The van der Waals surface area contributed by atoms with Gasteiger partial charge in [0.2, 0.25) is 5.78 Å². The summed E-state index contributed by atoms with van der Waals surface area (Å²) in [6, 6.07) is 1.47. The van der Waals surface area contributed by atoms with Crippen molar-refractivity contribution in [3.63, 3.8) is 0 Å². The van der Waals surface area contributed by atoms with E-state index in [1.807, 2.05) is 13.0 Å². The summed E-state index contributed by atoms with van der Waals surface area (Å²) >= 11 is 0. The molecule has 2 aliphatic carbocycles. The molecule has 0 unspecified atom stereocenters. The molecular weight excluding hydrogens is 292 g/mol. The van der Waals surface area contributed by atoms with E-state index in [-0.39, 0.29) is 22.7 Å². The zero-order valence-corrected chi connectivity index (χ0v) is 13.7. The van der Waals surface area contributed by atoms with Gasteiger partial charge in [-0.25, -0.2) is 0 Å². The molecule has 0 saturated heterocycles. The maximum absolute atomic E-state index is 12.7. The molecule has 0 aromatic heterocycles. The van der Waals surface area contributed by atoms with Crippen LogP contribution in [0.15, 0.2) is 30.1 Å². The number of hydrogen-bond acceptors (Lipinski definition) is 4. The van der Waals surface area contributed by atoms with Crippen molar-refractivity contribution in [3.05, 3.63) is 46.7 Å². The highest BCUT2D eigenvalue weighted by Gasteiger charge is 2.48. The Morgan fingerprint density at radius 1 is 1.22 bits per heavy atom. The number of carbonyl (C=O) groups excluding carboxylic acids is 1. The number of aromatic hydroxyl groups is 2. The molecule has 4 nitrogen and oxygen atoms in total. The summed E-state index contributed by atoms with van der Waals surface area (Å²) < 4.78 is 0. The van der Waals surface area contributed by atoms with Gasteiger partial charge in [-0.1, -0.05) is 19.9 Å². The number of hydrogen-bond donors (Lipinski definition) is 3. The molecule has 122 valence electrons. The van der Waals surface area contributed by atoms with Gasteiger partial charge in [0.15, 0.2) is 17.3 Å². The van der Waals surface area contributed by atoms with E-state index in [0.29, 0.717) is 28.7 Å². The van der Waals surface area contributed by atoms with Crippen LogP contribution in [0.5, 0.6) is 11.5 Å². The summed E-state index contributed by atoms with van der Waals surface area (Å²) in [5.74, 6) is -1.23. The van der Waals surface area contributed by atoms with Crippen molar-refractivity contribution >= 4 is 5.78 Å². The van der Waals surface area contributed by atoms with Crippen LogP contribution in [0.1, 0.15) is 54.6 Å². The monoisotopic (exact) mass is 314 g/mol. The molecule has 2 atom stereocenters. The van der Waals surface area contributed by atoms with Crippen molar-refractivity contribution in [1.29, 1.82) is 0 Å². The van der Waals surface area contributed by atoms with E-state index >= 15 is 0 Å². The van der Waals surface area contributed by atoms with Gasteiger partial charge in [0, 0.05) is 16.5 Å². The van der Waals surface area contributed by atoms with Crippen LogP contribution in [0, 0.1) is 12.3 Å². The second kappa shape index (κ2) is 4.63. The molecule has 0 aliphatic heterocycles. The SMILES string of the molecule is C=C[C@@]1(C)CC[C@@]2(C)C(=C(O)C(=O)c3c2cc(O)c(O)c3C)C1. The Morgan fingerprint density at radius 3 is 2.48 bits per heavy atom. The van der Waals surface area contributed by atoms with Crippen LogP contribution in [0.2, 0.25) is 0 Å². The fourth-order valence-electron chi connectivity index (χ4n) is 3.96. The third-order valence-corrected chi connectivity index (χ3v) is 5.78. The Labute approximate surface area is 135 Å². The van der Waals surface area contributed by atoms with Crippen molar-refractivity contribution in [2.45, 2.75) is 45.4 Å². The van der Waals surface area contributed by atoms with E-state index in [1.165, 1.54) is 6.07 Å². The minimum atomic E-state index is -0.522. The largest absolute Gasteiger partial charge is 0.504 e. The Morgan fingerprint density at radius 2 is 1.87 bits per heavy atom. The number of benzene rings is 1. The molecule has 1 aromatic rings. The lowest BCUT2D eigenvalue weighted by atomic mass is 9.56. The molecule has 0 heterocycles. The number of ketones is 1. The van der Waals surface area contributed by atoms with Gasteiger partial charge in [-0.2, -0.15) is 0 Å². The van der Waals surface area contributed by atoms with Crippen LogP contribution >= 0.6 is 0 Å². The Hall–Kier alpha value is -2.23. The molecule has 0 amide bonds. The first-order valence-electron chi connectivity index (χ1n) is 7.81.